The molecule has 1 aliphatic heterocycles. The Morgan fingerprint density at radius 1 is 1.11 bits per heavy atom. The van der Waals surface area contributed by atoms with Gasteiger partial charge in [-0.1, -0.05) is 37.5 Å². The first-order valence-corrected chi connectivity index (χ1v) is 7.33. The summed E-state index contributed by atoms with van der Waals surface area (Å²) in [6.45, 7) is 1.68. The van der Waals surface area contributed by atoms with Crippen molar-refractivity contribution in [2.45, 2.75) is 44.7 Å². The van der Waals surface area contributed by atoms with Gasteiger partial charge in [0.05, 0.1) is 6.67 Å². The first kappa shape index (κ1) is 12.7. The number of benzene rings is 1. The lowest BCUT2D eigenvalue weighted by molar-refractivity contribution is 0.0586. The van der Waals surface area contributed by atoms with E-state index < -0.39 is 0 Å². The summed E-state index contributed by atoms with van der Waals surface area (Å²) in [6.07, 6.45) is 6.60. The van der Waals surface area contributed by atoms with Crippen LogP contribution in [0.5, 0.6) is 0 Å². The fourth-order valence-electron chi connectivity index (χ4n) is 3.37. The highest BCUT2D eigenvalue weighted by Crippen LogP contribution is 2.27. The van der Waals surface area contributed by atoms with Crippen LogP contribution < -0.4 is 0 Å². The van der Waals surface area contributed by atoms with Gasteiger partial charge in [-0.25, -0.2) is 0 Å². The summed E-state index contributed by atoms with van der Waals surface area (Å²) in [7, 11) is 1.92. The van der Waals surface area contributed by atoms with Crippen molar-refractivity contribution in [2.75, 3.05) is 13.7 Å². The molecule has 0 aromatic heterocycles. The van der Waals surface area contributed by atoms with Crippen molar-refractivity contribution >= 4 is 5.91 Å². The second-order valence-electron chi connectivity index (χ2n) is 5.84. The van der Waals surface area contributed by atoms with Crippen LogP contribution in [0.2, 0.25) is 0 Å². The number of hydrogen-bond acceptors (Lipinski definition) is 2. The molecule has 19 heavy (non-hydrogen) atoms. The molecule has 102 valence electrons. The van der Waals surface area contributed by atoms with E-state index in [1.54, 1.807) is 0 Å². The van der Waals surface area contributed by atoms with Crippen molar-refractivity contribution in [3.05, 3.63) is 35.4 Å². The van der Waals surface area contributed by atoms with Crippen LogP contribution in [0.4, 0.5) is 0 Å². The molecule has 3 rings (SSSR count). The lowest BCUT2D eigenvalue weighted by atomic mass is 9.94. The summed E-state index contributed by atoms with van der Waals surface area (Å²) >= 11 is 0. The van der Waals surface area contributed by atoms with E-state index in [0.717, 1.165) is 18.8 Å². The maximum absolute atomic E-state index is 12.4. The number of amides is 1. The number of hydrogen-bond donors (Lipinski definition) is 0. The predicted molar refractivity (Wildman–Crippen MR) is 75.8 cm³/mol. The van der Waals surface area contributed by atoms with Crippen LogP contribution in [0.25, 0.3) is 0 Å². The smallest absolute Gasteiger partial charge is 0.254 e. The topological polar surface area (TPSA) is 23.6 Å². The highest BCUT2D eigenvalue weighted by atomic mass is 16.2. The summed E-state index contributed by atoms with van der Waals surface area (Å²) in [5.41, 5.74) is 2.06. The van der Waals surface area contributed by atoms with Gasteiger partial charge in [0.15, 0.2) is 0 Å². The van der Waals surface area contributed by atoms with Crippen LogP contribution in [0.15, 0.2) is 24.3 Å². The normalized spacial score (nSPS) is 22.2. The minimum atomic E-state index is 0.161. The molecule has 1 aliphatic carbocycles. The molecule has 0 saturated heterocycles. The van der Waals surface area contributed by atoms with Gasteiger partial charge >= 0.3 is 0 Å². The van der Waals surface area contributed by atoms with Crippen LogP contribution in [-0.4, -0.2) is 35.5 Å². The first-order chi connectivity index (χ1) is 9.25. The number of rotatable bonds is 1. The summed E-state index contributed by atoms with van der Waals surface area (Å²) in [6, 6.07) is 8.70. The van der Waals surface area contributed by atoms with Crippen molar-refractivity contribution < 1.29 is 4.79 Å². The maximum atomic E-state index is 12.4. The van der Waals surface area contributed by atoms with Crippen molar-refractivity contribution in [2.24, 2.45) is 0 Å². The van der Waals surface area contributed by atoms with Crippen molar-refractivity contribution in [3.63, 3.8) is 0 Å². The van der Waals surface area contributed by atoms with Crippen LogP contribution in [0, 0.1) is 0 Å². The minimum Gasteiger partial charge on any atom is -0.329 e. The molecule has 1 fully saturated rings. The molecule has 0 N–H and O–H groups in total. The molecule has 1 saturated carbocycles. The standard InChI is InChI=1S/C16H22N2O/c1-17-12-18(14-8-3-2-4-9-14)11-13-7-5-6-10-15(13)16(17)19/h5-7,10,14H,2-4,8-9,11-12H2,1H3. The van der Waals surface area contributed by atoms with Crippen LogP contribution >= 0.6 is 0 Å². The molecule has 2 aliphatic rings. The van der Waals surface area contributed by atoms with E-state index in [9.17, 15) is 4.79 Å². The molecule has 1 aromatic rings. The van der Waals surface area contributed by atoms with E-state index in [2.05, 4.69) is 11.0 Å². The lowest BCUT2D eigenvalue weighted by Crippen LogP contribution is -2.42. The number of fused-ring (bicyclic) bond motifs is 1. The van der Waals surface area contributed by atoms with Crippen molar-refractivity contribution in [3.8, 4) is 0 Å². The molecule has 0 bridgehead atoms. The molecule has 0 atom stereocenters. The van der Waals surface area contributed by atoms with E-state index in [-0.39, 0.29) is 5.91 Å². The summed E-state index contributed by atoms with van der Waals surface area (Å²) in [5.74, 6) is 0.161. The molecule has 0 spiro atoms. The van der Waals surface area contributed by atoms with Gasteiger partial charge in [0, 0.05) is 25.2 Å². The summed E-state index contributed by atoms with van der Waals surface area (Å²) in [5, 5.41) is 0. The second kappa shape index (κ2) is 5.33. The molecule has 3 nitrogen and oxygen atoms in total. The van der Waals surface area contributed by atoms with Crippen molar-refractivity contribution in [1.29, 1.82) is 0 Å². The highest BCUT2D eigenvalue weighted by molar-refractivity contribution is 5.95. The molecule has 0 unspecified atom stereocenters. The Morgan fingerprint density at radius 3 is 2.63 bits per heavy atom. The van der Waals surface area contributed by atoms with E-state index in [0.29, 0.717) is 6.04 Å². The number of carbonyl (C=O) groups excluding carboxylic acids is 1. The monoisotopic (exact) mass is 258 g/mol. The van der Waals surface area contributed by atoms with Gasteiger partial charge in [0.25, 0.3) is 5.91 Å². The quantitative estimate of drug-likeness (QED) is 0.773. The van der Waals surface area contributed by atoms with Gasteiger partial charge in [-0.2, -0.15) is 0 Å². The van der Waals surface area contributed by atoms with E-state index in [1.807, 2.05) is 30.1 Å². The van der Waals surface area contributed by atoms with Gasteiger partial charge in [-0.05, 0) is 24.5 Å². The predicted octanol–water partition coefficient (Wildman–Crippen LogP) is 2.86. The SMILES string of the molecule is CN1CN(C2CCCCC2)Cc2ccccc2C1=O. The maximum Gasteiger partial charge on any atom is 0.254 e. The van der Waals surface area contributed by atoms with Gasteiger partial charge < -0.3 is 4.90 Å². The molecule has 1 aromatic carbocycles. The Hall–Kier alpha value is -1.35. The van der Waals surface area contributed by atoms with Crippen LogP contribution in [-0.2, 0) is 6.54 Å². The molecular formula is C16H22N2O. The second-order valence-corrected chi connectivity index (χ2v) is 5.84. The summed E-state index contributed by atoms with van der Waals surface area (Å²) < 4.78 is 0. The third-order valence-corrected chi connectivity index (χ3v) is 4.45. The molecular weight excluding hydrogens is 236 g/mol. The fourth-order valence-corrected chi connectivity index (χ4v) is 3.37. The molecule has 1 amide bonds. The van der Waals surface area contributed by atoms with Gasteiger partial charge in [-0.15, -0.1) is 0 Å². The van der Waals surface area contributed by atoms with Crippen LogP contribution in [0.1, 0.15) is 48.0 Å². The van der Waals surface area contributed by atoms with Crippen molar-refractivity contribution in [1.82, 2.24) is 9.80 Å². The lowest BCUT2D eigenvalue weighted by Gasteiger charge is -2.35. The highest BCUT2D eigenvalue weighted by Gasteiger charge is 2.28. The Labute approximate surface area is 115 Å². The fraction of sp³-hybridized carbons (Fsp3) is 0.562. The van der Waals surface area contributed by atoms with Crippen LogP contribution in [0.3, 0.4) is 0 Å². The van der Waals surface area contributed by atoms with Gasteiger partial charge in [0.1, 0.15) is 0 Å². The first-order valence-electron chi connectivity index (χ1n) is 7.33. The van der Waals surface area contributed by atoms with E-state index in [4.69, 9.17) is 0 Å². The zero-order valence-electron chi connectivity index (χ0n) is 11.6. The number of nitrogens with zero attached hydrogens (tertiary/aromatic N) is 2. The Balaban J connectivity index is 1.87. The molecule has 3 heteroatoms. The Kier molecular flexibility index (Phi) is 3.56. The average molecular weight is 258 g/mol. The largest absolute Gasteiger partial charge is 0.329 e. The molecule has 1 heterocycles. The molecule has 0 radical (unpaired) electrons. The third kappa shape index (κ3) is 2.52. The van der Waals surface area contributed by atoms with Gasteiger partial charge in [0.2, 0.25) is 0 Å². The Morgan fingerprint density at radius 2 is 1.84 bits per heavy atom. The average Bonchev–Trinajstić information content (AvgIpc) is 2.58. The Bertz CT molecular complexity index is 466. The van der Waals surface area contributed by atoms with E-state index >= 15 is 0 Å². The zero-order chi connectivity index (χ0) is 13.2. The third-order valence-electron chi connectivity index (χ3n) is 4.45. The van der Waals surface area contributed by atoms with E-state index in [1.165, 1.54) is 37.7 Å². The summed E-state index contributed by atoms with van der Waals surface area (Å²) in [4.78, 5) is 16.7. The number of carbonyl (C=O) groups is 1. The van der Waals surface area contributed by atoms with Gasteiger partial charge in [-0.3, -0.25) is 9.69 Å². The minimum absolute atomic E-state index is 0.161. The zero-order valence-corrected chi connectivity index (χ0v) is 11.6.